The van der Waals surface area contributed by atoms with Gasteiger partial charge in [-0.05, 0) is 36.6 Å². The van der Waals surface area contributed by atoms with Crippen LogP contribution in [0.5, 0.6) is 11.5 Å². The lowest BCUT2D eigenvalue weighted by molar-refractivity contribution is 0.143. The number of hydrogen-bond donors (Lipinski definition) is 2. The molecule has 14 heavy (non-hydrogen) atoms. The fourth-order valence-corrected chi connectivity index (χ4v) is 1.27. The Bertz CT molecular complexity index is 357. The van der Waals surface area contributed by atoms with Crippen molar-refractivity contribution in [3.63, 3.8) is 0 Å². The Hall–Kier alpha value is -1.71. The van der Waals surface area contributed by atoms with E-state index >= 15 is 0 Å². The van der Waals surface area contributed by atoms with Crippen molar-refractivity contribution in [3.8, 4) is 11.5 Å². The summed E-state index contributed by atoms with van der Waals surface area (Å²) in [6.45, 7) is 3.80. The lowest BCUT2D eigenvalue weighted by Crippen LogP contribution is -2.03. The molecule has 0 fully saturated rings. The first-order chi connectivity index (χ1) is 6.54. The largest absolute Gasteiger partial charge is 0.511 e. The van der Waals surface area contributed by atoms with Crippen molar-refractivity contribution in [1.82, 2.24) is 0 Å². The van der Waals surface area contributed by atoms with Crippen molar-refractivity contribution >= 4 is 6.16 Å². The normalized spacial score (nSPS) is 9.86. The molecule has 1 aromatic carbocycles. The molecule has 4 nitrogen and oxygen atoms in total. The number of aromatic hydroxyl groups is 1. The molecule has 0 spiro atoms. The Morgan fingerprint density at radius 1 is 1.50 bits per heavy atom. The lowest BCUT2D eigenvalue weighted by atomic mass is 10.1. The molecule has 0 amide bonds. The minimum atomic E-state index is -1.43. The van der Waals surface area contributed by atoms with Crippen LogP contribution in [-0.4, -0.2) is 16.4 Å². The number of hydrogen-bond acceptors (Lipinski definition) is 3. The van der Waals surface area contributed by atoms with Crippen LogP contribution in [-0.2, 0) is 6.42 Å². The summed E-state index contributed by atoms with van der Waals surface area (Å²) < 4.78 is 4.39. The predicted molar refractivity (Wildman–Crippen MR) is 50.9 cm³/mol. The van der Waals surface area contributed by atoms with E-state index in [-0.39, 0.29) is 11.5 Å². The van der Waals surface area contributed by atoms with E-state index in [1.54, 1.807) is 0 Å². The van der Waals surface area contributed by atoms with Crippen LogP contribution < -0.4 is 4.74 Å². The Labute approximate surface area is 81.8 Å². The smallest absolute Gasteiger partial charge is 0.504 e. The van der Waals surface area contributed by atoms with E-state index in [1.165, 1.54) is 12.1 Å². The Morgan fingerprint density at radius 2 is 2.14 bits per heavy atom. The highest BCUT2D eigenvalue weighted by Crippen LogP contribution is 2.29. The molecular formula is C10H12O4. The first kappa shape index (κ1) is 10.4. The summed E-state index contributed by atoms with van der Waals surface area (Å²) >= 11 is 0. The Morgan fingerprint density at radius 3 is 2.64 bits per heavy atom. The Balaban J connectivity index is 3.08. The molecule has 4 heteroatoms. The second-order valence-electron chi connectivity index (χ2n) is 2.97. The standard InChI is InChI=1S/C10H12O4/c1-3-7-5-8(11)9(4-6(7)2)14-10(12)13/h4-5,11H,3H2,1-2H3,(H,12,13). The van der Waals surface area contributed by atoms with Gasteiger partial charge in [-0.2, -0.15) is 0 Å². The highest BCUT2D eigenvalue weighted by molar-refractivity contribution is 5.63. The molecule has 0 aliphatic carbocycles. The fraction of sp³-hybridized carbons (Fsp3) is 0.300. The average molecular weight is 196 g/mol. The molecule has 1 rings (SSSR count). The molecule has 0 saturated heterocycles. The lowest BCUT2D eigenvalue weighted by Gasteiger charge is -2.07. The van der Waals surface area contributed by atoms with Gasteiger partial charge in [0.25, 0.3) is 0 Å². The van der Waals surface area contributed by atoms with Crippen molar-refractivity contribution in [3.05, 3.63) is 23.3 Å². The number of phenolic OH excluding ortho intramolecular Hbond substituents is 1. The minimum Gasteiger partial charge on any atom is -0.504 e. The number of phenols is 1. The average Bonchev–Trinajstić information content (AvgIpc) is 2.10. The number of ether oxygens (including phenoxy) is 1. The van der Waals surface area contributed by atoms with E-state index in [1.807, 2.05) is 13.8 Å². The van der Waals surface area contributed by atoms with Crippen molar-refractivity contribution in [2.24, 2.45) is 0 Å². The molecule has 0 saturated carbocycles. The molecule has 0 aromatic heterocycles. The summed E-state index contributed by atoms with van der Waals surface area (Å²) in [6.07, 6.45) is -0.642. The fourth-order valence-electron chi connectivity index (χ4n) is 1.27. The zero-order chi connectivity index (χ0) is 10.7. The number of aryl methyl sites for hydroxylation is 2. The van der Waals surface area contributed by atoms with Crippen LogP contribution >= 0.6 is 0 Å². The van der Waals surface area contributed by atoms with Gasteiger partial charge in [-0.25, -0.2) is 4.79 Å². The zero-order valence-corrected chi connectivity index (χ0v) is 8.07. The number of benzene rings is 1. The second kappa shape index (κ2) is 4.00. The van der Waals surface area contributed by atoms with Gasteiger partial charge in [0.05, 0.1) is 0 Å². The summed E-state index contributed by atoms with van der Waals surface area (Å²) in [6, 6.07) is 3.04. The van der Waals surface area contributed by atoms with Crippen LogP contribution in [0.1, 0.15) is 18.1 Å². The topological polar surface area (TPSA) is 66.8 Å². The van der Waals surface area contributed by atoms with E-state index in [2.05, 4.69) is 4.74 Å². The van der Waals surface area contributed by atoms with Crippen LogP contribution in [0.15, 0.2) is 12.1 Å². The van der Waals surface area contributed by atoms with Crippen LogP contribution in [0.4, 0.5) is 4.79 Å². The molecule has 0 atom stereocenters. The summed E-state index contributed by atoms with van der Waals surface area (Å²) in [5, 5.41) is 17.8. The molecule has 0 bridgehead atoms. The monoisotopic (exact) mass is 196 g/mol. The number of rotatable bonds is 2. The summed E-state index contributed by atoms with van der Waals surface area (Å²) in [5.74, 6) is -0.165. The summed E-state index contributed by atoms with van der Waals surface area (Å²) in [7, 11) is 0. The van der Waals surface area contributed by atoms with Crippen molar-refractivity contribution in [2.75, 3.05) is 0 Å². The van der Waals surface area contributed by atoms with E-state index in [9.17, 15) is 9.90 Å². The summed E-state index contributed by atoms with van der Waals surface area (Å²) in [4.78, 5) is 10.3. The maximum atomic E-state index is 10.3. The third-order valence-electron chi connectivity index (χ3n) is 2.00. The van der Waals surface area contributed by atoms with Crippen LogP contribution in [0.25, 0.3) is 0 Å². The van der Waals surface area contributed by atoms with Crippen molar-refractivity contribution < 1.29 is 19.7 Å². The van der Waals surface area contributed by atoms with Crippen LogP contribution in [0.3, 0.4) is 0 Å². The van der Waals surface area contributed by atoms with E-state index in [4.69, 9.17) is 5.11 Å². The SMILES string of the molecule is CCc1cc(O)c(OC(=O)O)cc1C. The van der Waals surface area contributed by atoms with Gasteiger partial charge in [0.15, 0.2) is 11.5 Å². The van der Waals surface area contributed by atoms with Crippen molar-refractivity contribution in [2.45, 2.75) is 20.3 Å². The van der Waals surface area contributed by atoms with E-state index in [0.29, 0.717) is 0 Å². The molecule has 0 heterocycles. The second-order valence-corrected chi connectivity index (χ2v) is 2.97. The first-order valence-corrected chi connectivity index (χ1v) is 4.27. The van der Waals surface area contributed by atoms with Gasteiger partial charge in [0, 0.05) is 0 Å². The van der Waals surface area contributed by atoms with Gasteiger partial charge in [-0.3, -0.25) is 0 Å². The first-order valence-electron chi connectivity index (χ1n) is 4.27. The molecule has 0 radical (unpaired) electrons. The van der Waals surface area contributed by atoms with Gasteiger partial charge in [-0.15, -0.1) is 0 Å². The number of carboxylic acid groups (broad SMARTS) is 1. The number of carbonyl (C=O) groups is 1. The third-order valence-corrected chi connectivity index (χ3v) is 2.00. The highest BCUT2D eigenvalue weighted by atomic mass is 16.7. The van der Waals surface area contributed by atoms with E-state index < -0.39 is 6.16 Å². The minimum absolute atomic E-state index is 0.0211. The maximum absolute atomic E-state index is 10.3. The molecule has 0 aliphatic rings. The molecular weight excluding hydrogens is 184 g/mol. The predicted octanol–water partition coefficient (Wildman–Crippen LogP) is 2.32. The van der Waals surface area contributed by atoms with Gasteiger partial charge in [0.2, 0.25) is 0 Å². The highest BCUT2D eigenvalue weighted by Gasteiger charge is 2.09. The molecule has 1 aromatic rings. The molecule has 0 aliphatic heterocycles. The third kappa shape index (κ3) is 2.16. The molecule has 2 N–H and O–H groups in total. The van der Waals surface area contributed by atoms with Gasteiger partial charge in [0.1, 0.15) is 0 Å². The van der Waals surface area contributed by atoms with Gasteiger partial charge in [-0.1, -0.05) is 6.92 Å². The van der Waals surface area contributed by atoms with Gasteiger partial charge >= 0.3 is 6.16 Å². The van der Waals surface area contributed by atoms with Crippen LogP contribution in [0, 0.1) is 6.92 Å². The molecule has 76 valence electrons. The Kier molecular flexibility index (Phi) is 2.96. The summed E-state index contributed by atoms with van der Waals surface area (Å²) in [5.41, 5.74) is 1.88. The quantitative estimate of drug-likeness (QED) is 0.562. The zero-order valence-electron chi connectivity index (χ0n) is 8.07. The van der Waals surface area contributed by atoms with Gasteiger partial charge < -0.3 is 14.9 Å². The maximum Gasteiger partial charge on any atom is 0.511 e. The van der Waals surface area contributed by atoms with E-state index in [0.717, 1.165) is 17.5 Å². The van der Waals surface area contributed by atoms with Crippen molar-refractivity contribution in [1.29, 1.82) is 0 Å². The molecule has 0 unspecified atom stereocenters. The van der Waals surface area contributed by atoms with Crippen LogP contribution in [0.2, 0.25) is 0 Å².